The van der Waals surface area contributed by atoms with Crippen molar-refractivity contribution in [3.05, 3.63) is 24.3 Å². The average Bonchev–Trinajstić information content (AvgIpc) is 3.03. The molecule has 0 aliphatic heterocycles. The molecule has 0 bridgehead atoms. The third-order valence-electron chi connectivity index (χ3n) is 5.92. The number of carbonyl (C=O) groups excluding carboxylic acids is 1. The monoisotopic (exact) mass is 353 g/mol. The van der Waals surface area contributed by atoms with Gasteiger partial charge < -0.3 is 9.72 Å². The lowest BCUT2D eigenvalue weighted by Gasteiger charge is -2.15. The Labute approximate surface area is 151 Å². The molecule has 136 valence electrons. The second-order valence-electron chi connectivity index (χ2n) is 7.73. The predicted molar refractivity (Wildman–Crippen MR) is 95.6 cm³/mol. The van der Waals surface area contributed by atoms with E-state index in [0.717, 1.165) is 41.9 Å². The number of aromatic nitrogens is 5. The fourth-order valence-electron chi connectivity index (χ4n) is 4.37. The van der Waals surface area contributed by atoms with Gasteiger partial charge in [-0.2, -0.15) is 0 Å². The molecule has 2 aliphatic rings. The standard InChI is InChI=1S/C19H23N5O2/c1-2-12-8-13(26-17(25)7-11-3-4-11)9-14(12)19-23-22-16-10-21-18-15(24(16)19)5-6-20-18/h5-6,10-14,20H,2-4,7-9H2,1H3/t12-,13-,14+/m1/s1. The molecule has 5 rings (SSSR count). The Balaban J connectivity index is 1.44. The molecule has 0 radical (unpaired) electrons. The molecule has 0 amide bonds. The SMILES string of the molecule is CC[C@@H]1C[C@@H](OC(=O)CC2CC2)C[C@@H]1c1nnc2cnc3[nH]ccc3n12. The van der Waals surface area contributed by atoms with Crippen molar-refractivity contribution in [2.24, 2.45) is 11.8 Å². The molecule has 3 atom stereocenters. The molecule has 2 fully saturated rings. The van der Waals surface area contributed by atoms with Crippen LogP contribution in [-0.4, -0.2) is 36.6 Å². The summed E-state index contributed by atoms with van der Waals surface area (Å²) in [4.78, 5) is 19.7. The summed E-state index contributed by atoms with van der Waals surface area (Å²) in [6.45, 7) is 2.20. The van der Waals surface area contributed by atoms with Crippen molar-refractivity contribution in [1.82, 2.24) is 24.6 Å². The van der Waals surface area contributed by atoms with Crippen LogP contribution in [0.15, 0.2) is 18.5 Å². The van der Waals surface area contributed by atoms with E-state index in [-0.39, 0.29) is 18.0 Å². The zero-order chi connectivity index (χ0) is 17.7. The van der Waals surface area contributed by atoms with Gasteiger partial charge in [-0.1, -0.05) is 13.3 Å². The summed E-state index contributed by atoms with van der Waals surface area (Å²) >= 11 is 0. The average molecular weight is 353 g/mol. The van der Waals surface area contributed by atoms with Gasteiger partial charge in [0.2, 0.25) is 0 Å². The number of ether oxygens (including phenoxy) is 1. The Morgan fingerprint density at radius 3 is 3.04 bits per heavy atom. The fraction of sp³-hybridized carbons (Fsp3) is 0.579. The first-order valence-corrected chi connectivity index (χ1v) is 9.59. The second kappa shape index (κ2) is 6.07. The maximum atomic E-state index is 12.1. The van der Waals surface area contributed by atoms with Crippen molar-refractivity contribution in [2.45, 2.75) is 57.5 Å². The largest absolute Gasteiger partial charge is 0.462 e. The number of fused-ring (bicyclic) bond motifs is 3. The van der Waals surface area contributed by atoms with Gasteiger partial charge >= 0.3 is 5.97 Å². The van der Waals surface area contributed by atoms with E-state index in [0.29, 0.717) is 18.3 Å². The first-order chi connectivity index (χ1) is 12.7. The molecule has 7 heteroatoms. The van der Waals surface area contributed by atoms with E-state index in [1.54, 1.807) is 6.20 Å². The number of H-pyrrole nitrogens is 1. The summed E-state index contributed by atoms with van der Waals surface area (Å²) in [7, 11) is 0. The van der Waals surface area contributed by atoms with E-state index in [2.05, 4.69) is 31.5 Å². The minimum absolute atomic E-state index is 0.00731. The van der Waals surface area contributed by atoms with Gasteiger partial charge in [0, 0.05) is 18.5 Å². The smallest absolute Gasteiger partial charge is 0.306 e. The molecule has 1 N–H and O–H groups in total. The number of esters is 1. The Morgan fingerprint density at radius 2 is 2.23 bits per heavy atom. The summed E-state index contributed by atoms with van der Waals surface area (Å²) in [5.41, 5.74) is 2.58. The van der Waals surface area contributed by atoms with Gasteiger partial charge in [-0.25, -0.2) is 4.98 Å². The number of nitrogens with one attached hydrogen (secondary N) is 1. The molecule has 0 saturated heterocycles. The van der Waals surface area contributed by atoms with Crippen LogP contribution in [0.25, 0.3) is 16.8 Å². The van der Waals surface area contributed by atoms with Crippen molar-refractivity contribution >= 4 is 22.8 Å². The zero-order valence-corrected chi connectivity index (χ0v) is 14.9. The van der Waals surface area contributed by atoms with Gasteiger partial charge in [-0.05, 0) is 43.6 Å². The number of nitrogens with zero attached hydrogens (tertiary/aromatic N) is 4. The van der Waals surface area contributed by atoms with Crippen LogP contribution >= 0.6 is 0 Å². The number of carbonyl (C=O) groups is 1. The van der Waals surface area contributed by atoms with Gasteiger partial charge in [0.15, 0.2) is 11.3 Å². The third-order valence-corrected chi connectivity index (χ3v) is 5.92. The quantitative estimate of drug-likeness (QED) is 0.712. The lowest BCUT2D eigenvalue weighted by molar-refractivity contribution is -0.149. The van der Waals surface area contributed by atoms with Crippen LogP contribution in [0.2, 0.25) is 0 Å². The van der Waals surface area contributed by atoms with Gasteiger partial charge in [0.05, 0.1) is 11.7 Å². The van der Waals surface area contributed by atoms with E-state index >= 15 is 0 Å². The van der Waals surface area contributed by atoms with E-state index in [1.807, 2.05) is 12.3 Å². The van der Waals surface area contributed by atoms with E-state index in [4.69, 9.17) is 4.74 Å². The summed E-state index contributed by atoms with van der Waals surface area (Å²) < 4.78 is 7.89. The zero-order valence-electron chi connectivity index (χ0n) is 14.9. The van der Waals surface area contributed by atoms with Gasteiger partial charge in [0.25, 0.3) is 0 Å². The van der Waals surface area contributed by atoms with Gasteiger partial charge in [-0.3, -0.25) is 9.20 Å². The minimum Gasteiger partial charge on any atom is -0.462 e. The highest BCUT2D eigenvalue weighted by atomic mass is 16.5. The minimum atomic E-state index is -0.0312. The maximum Gasteiger partial charge on any atom is 0.306 e. The molecule has 2 aliphatic carbocycles. The van der Waals surface area contributed by atoms with Crippen molar-refractivity contribution in [2.75, 3.05) is 0 Å². The van der Waals surface area contributed by atoms with Crippen LogP contribution in [0.3, 0.4) is 0 Å². The van der Waals surface area contributed by atoms with Crippen molar-refractivity contribution in [3.8, 4) is 0 Å². The predicted octanol–water partition coefficient (Wildman–Crippen LogP) is 3.22. The molecule has 26 heavy (non-hydrogen) atoms. The van der Waals surface area contributed by atoms with Crippen molar-refractivity contribution in [1.29, 1.82) is 0 Å². The number of rotatable bonds is 5. The third kappa shape index (κ3) is 2.66. The van der Waals surface area contributed by atoms with E-state index < -0.39 is 0 Å². The molecule has 0 unspecified atom stereocenters. The summed E-state index contributed by atoms with van der Waals surface area (Å²) in [6, 6.07) is 2.01. The number of hydrogen-bond acceptors (Lipinski definition) is 5. The highest BCUT2D eigenvalue weighted by molar-refractivity contribution is 5.74. The second-order valence-corrected chi connectivity index (χ2v) is 7.73. The Bertz CT molecular complexity index is 957. The van der Waals surface area contributed by atoms with Crippen LogP contribution in [0.4, 0.5) is 0 Å². The van der Waals surface area contributed by atoms with Crippen LogP contribution in [-0.2, 0) is 9.53 Å². The molecule has 3 aromatic rings. The summed E-state index contributed by atoms with van der Waals surface area (Å²) in [6.07, 6.45) is 9.33. The Morgan fingerprint density at radius 1 is 1.35 bits per heavy atom. The topological polar surface area (TPSA) is 85.2 Å². The molecule has 0 spiro atoms. The molecule has 0 aromatic carbocycles. The van der Waals surface area contributed by atoms with Crippen molar-refractivity contribution in [3.63, 3.8) is 0 Å². The summed E-state index contributed by atoms with van der Waals surface area (Å²) in [5, 5.41) is 8.82. The Hall–Kier alpha value is -2.44. The van der Waals surface area contributed by atoms with Crippen LogP contribution in [0.5, 0.6) is 0 Å². The summed E-state index contributed by atoms with van der Waals surface area (Å²) in [5.74, 6) is 2.19. The van der Waals surface area contributed by atoms with Crippen LogP contribution in [0, 0.1) is 11.8 Å². The lowest BCUT2D eigenvalue weighted by atomic mass is 9.93. The first kappa shape index (κ1) is 15.8. The van der Waals surface area contributed by atoms with Crippen LogP contribution < -0.4 is 0 Å². The number of aromatic amines is 1. The van der Waals surface area contributed by atoms with E-state index in [1.165, 1.54) is 12.8 Å². The first-order valence-electron chi connectivity index (χ1n) is 9.59. The lowest BCUT2D eigenvalue weighted by Crippen LogP contribution is -2.15. The van der Waals surface area contributed by atoms with Gasteiger partial charge in [0.1, 0.15) is 11.9 Å². The fourth-order valence-corrected chi connectivity index (χ4v) is 4.37. The highest BCUT2D eigenvalue weighted by Gasteiger charge is 2.39. The molecular formula is C19H23N5O2. The molecular weight excluding hydrogens is 330 g/mol. The maximum absolute atomic E-state index is 12.1. The van der Waals surface area contributed by atoms with Crippen LogP contribution in [0.1, 0.15) is 57.2 Å². The molecule has 2 saturated carbocycles. The van der Waals surface area contributed by atoms with Gasteiger partial charge in [-0.15, -0.1) is 10.2 Å². The highest BCUT2D eigenvalue weighted by Crippen LogP contribution is 2.43. The molecule has 3 heterocycles. The van der Waals surface area contributed by atoms with E-state index in [9.17, 15) is 4.79 Å². The molecule has 3 aromatic heterocycles. The Kier molecular flexibility index (Phi) is 3.69. The normalized spacial score (nSPS) is 26.0. The van der Waals surface area contributed by atoms with Crippen molar-refractivity contribution < 1.29 is 9.53 Å². The molecule has 7 nitrogen and oxygen atoms in total. The number of hydrogen-bond donors (Lipinski definition) is 1.